The molecule has 0 aromatic heterocycles. The number of piperazine rings is 1. The van der Waals surface area contributed by atoms with Gasteiger partial charge in [0.1, 0.15) is 5.69 Å². The van der Waals surface area contributed by atoms with Gasteiger partial charge in [-0.2, -0.15) is 0 Å². The van der Waals surface area contributed by atoms with E-state index in [-0.39, 0.29) is 11.4 Å². The Morgan fingerprint density at radius 1 is 1.12 bits per heavy atom. The summed E-state index contributed by atoms with van der Waals surface area (Å²) in [6.45, 7) is 3.61. The summed E-state index contributed by atoms with van der Waals surface area (Å²) in [7, 11) is 2.09. The maximum Gasteiger partial charge on any atom is 0.294 e. The van der Waals surface area contributed by atoms with Gasteiger partial charge in [-0.3, -0.25) is 10.1 Å². The minimum atomic E-state index is -0.445. The van der Waals surface area contributed by atoms with Gasteiger partial charge in [0, 0.05) is 37.9 Å². The highest BCUT2D eigenvalue weighted by atomic mass is 16.6. The van der Waals surface area contributed by atoms with Gasteiger partial charge in [-0.05, 0) is 25.2 Å². The molecule has 24 heavy (non-hydrogen) atoms. The number of nitrogens with zero attached hydrogens (tertiary/aromatic N) is 3. The van der Waals surface area contributed by atoms with Gasteiger partial charge in [-0.15, -0.1) is 0 Å². The van der Waals surface area contributed by atoms with Crippen molar-refractivity contribution < 1.29 is 4.92 Å². The van der Waals surface area contributed by atoms with Crippen LogP contribution in [0.5, 0.6) is 0 Å². The predicted molar refractivity (Wildman–Crippen MR) is 96.9 cm³/mol. The van der Waals surface area contributed by atoms with Crippen molar-refractivity contribution >= 4 is 28.4 Å². The maximum atomic E-state index is 11.2. The van der Waals surface area contributed by atoms with Crippen LogP contribution in [0.15, 0.2) is 42.5 Å². The molecule has 1 saturated heterocycles. The standard InChI is InChI=1S/C17H21N5O2/c1-20-7-9-21(10-8-20)17-11-14(18)16(22(23)24)12-15(17)19-13-5-3-2-4-6-13/h2-6,11-12,19H,7-10,18H2,1H3. The third kappa shape index (κ3) is 3.41. The molecule has 2 aromatic rings. The second-order valence-electron chi connectivity index (χ2n) is 5.97. The Bertz CT molecular complexity index is 727. The van der Waals surface area contributed by atoms with Crippen LogP contribution in [0, 0.1) is 10.1 Å². The average Bonchev–Trinajstić information content (AvgIpc) is 2.57. The molecule has 0 unspecified atom stereocenters. The summed E-state index contributed by atoms with van der Waals surface area (Å²) in [6, 6.07) is 12.8. The summed E-state index contributed by atoms with van der Waals surface area (Å²) < 4.78 is 0. The molecule has 0 atom stereocenters. The van der Waals surface area contributed by atoms with Crippen LogP contribution in [0.25, 0.3) is 0 Å². The summed E-state index contributed by atoms with van der Waals surface area (Å²) in [4.78, 5) is 15.3. The zero-order chi connectivity index (χ0) is 17.1. The fourth-order valence-electron chi connectivity index (χ4n) is 2.84. The number of nitrogen functional groups attached to an aromatic ring is 1. The summed E-state index contributed by atoms with van der Waals surface area (Å²) in [5, 5.41) is 14.5. The van der Waals surface area contributed by atoms with Crippen molar-refractivity contribution in [2.24, 2.45) is 0 Å². The summed E-state index contributed by atoms with van der Waals surface area (Å²) in [5.74, 6) is 0. The molecule has 7 heteroatoms. The molecular formula is C17H21N5O2. The zero-order valence-corrected chi connectivity index (χ0v) is 13.6. The van der Waals surface area contributed by atoms with E-state index >= 15 is 0 Å². The molecule has 0 aliphatic carbocycles. The Hall–Kier alpha value is -2.80. The van der Waals surface area contributed by atoms with Crippen LogP contribution in [0.3, 0.4) is 0 Å². The van der Waals surface area contributed by atoms with Crippen molar-refractivity contribution in [3.63, 3.8) is 0 Å². The molecule has 1 aliphatic heterocycles. The van der Waals surface area contributed by atoms with Crippen molar-refractivity contribution in [2.45, 2.75) is 0 Å². The highest BCUT2D eigenvalue weighted by molar-refractivity contribution is 5.83. The molecular weight excluding hydrogens is 306 g/mol. The average molecular weight is 327 g/mol. The minimum Gasteiger partial charge on any atom is -0.393 e. The van der Waals surface area contributed by atoms with E-state index in [1.807, 2.05) is 30.3 Å². The first kappa shape index (κ1) is 16.1. The zero-order valence-electron chi connectivity index (χ0n) is 13.6. The normalized spacial score (nSPS) is 15.3. The van der Waals surface area contributed by atoms with Crippen LogP contribution in [-0.2, 0) is 0 Å². The first-order valence-electron chi connectivity index (χ1n) is 7.88. The van der Waals surface area contributed by atoms with E-state index in [1.54, 1.807) is 6.07 Å². The number of rotatable bonds is 4. The van der Waals surface area contributed by atoms with E-state index in [9.17, 15) is 10.1 Å². The SMILES string of the molecule is CN1CCN(c2cc(N)c([N+](=O)[O-])cc2Nc2ccccc2)CC1. The fourth-order valence-corrected chi connectivity index (χ4v) is 2.84. The summed E-state index contributed by atoms with van der Waals surface area (Å²) >= 11 is 0. The first-order chi connectivity index (χ1) is 11.5. The quantitative estimate of drug-likeness (QED) is 0.510. The topological polar surface area (TPSA) is 87.7 Å². The lowest BCUT2D eigenvalue weighted by atomic mass is 10.1. The summed E-state index contributed by atoms with van der Waals surface area (Å²) in [6.07, 6.45) is 0. The molecule has 0 spiro atoms. The molecule has 2 aromatic carbocycles. The number of nitro groups is 1. The Kier molecular flexibility index (Phi) is 4.52. The van der Waals surface area contributed by atoms with E-state index in [4.69, 9.17) is 5.73 Å². The first-order valence-corrected chi connectivity index (χ1v) is 7.88. The van der Waals surface area contributed by atoms with Crippen LogP contribution in [0.1, 0.15) is 0 Å². The van der Waals surface area contributed by atoms with Crippen molar-refractivity contribution in [2.75, 3.05) is 49.2 Å². The van der Waals surface area contributed by atoms with E-state index in [2.05, 4.69) is 22.2 Å². The number of hydrogen-bond donors (Lipinski definition) is 2. The van der Waals surface area contributed by atoms with E-state index < -0.39 is 4.92 Å². The van der Waals surface area contributed by atoms with Gasteiger partial charge in [-0.1, -0.05) is 18.2 Å². The molecule has 0 radical (unpaired) electrons. The highest BCUT2D eigenvalue weighted by Crippen LogP contribution is 2.37. The summed E-state index contributed by atoms with van der Waals surface area (Å²) in [5.41, 5.74) is 8.50. The fraction of sp³-hybridized carbons (Fsp3) is 0.294. The van der Waals surface area contributed by atoms with Crippen molar-refractivity contribution in [1.29, 1.82) is 0 Å². The van der Waals surface area contributed by atoms with Gasteiger partial charge < -0.3 is 20.9 Å². The number of para-hydroxylation sites is 1. The van der Waals surface area contributed by atoms with Gasteiger partial charge in [-0.25, -0.2) is 0 Å². The van der Waals surface area contributed by atoms with Crippen LogP contribution in [0.4, 0.5) is 28.4 Å². The number of likely N-dealkylation sites (N-methyl/N-ethyl adjacent to an activating group) is 1. The number of nitrogens with one attached hydrogen (secondary N) is 1. The van der Waals surface area contributed by atoms with E-state index in [1.165, 1.54) is 6.07 Å². The lowest BCUT2D eigenvalue weighted by Gasteiger charge is -2.35. The van der Waals surface area contributed by atoms with E-state index in [0.717, 1.165) is 37.6 Å². The molecule has 1 heterocycles. The Balaban J connectivity index is 1.99. The van der Waals surface area contributed by atoms with E-state index in [0.29, 0.717) is 5.69 Å². The number of nitro benzene ring substituents is 1. The molecule has 0 bridgehead atoms. The molecule has 0 saturated carbocycles. The minimum absolute atomic E-state index is 0.0775. The monoisotopic (exact) mass is 327 g/mol. The number of nitrogens with two attached hydrogens (primary N) is 1. The number of benzene rings is 2. The largest absolute Gasteiger partial charge is 0.393 e. The van der Waals surface area contributed by atoms with Gasteiger partial charge in [0.2, 0.25) is 0 Å². The maximum absolute atomic E-state index is 11.2. The van der Waals surface area contributed by atoms with Crippen LogP contribution < -0.4 is 16.0 Å². The van der Waals surface area contributed by atoms with Crippen molar-refractivity contribution in [3.05, 3.63) is 52.6 Å². The molecule has 3 rings (SSSR count). The molecule has 1 fully saturated rings. The molecule has 0 amide bonds. The van der Waals surface area contributed by atoms with Gasteiger partial charge >= 0.3 is 0 Å². The Morgan fingerprint density at radius 3 is 2.42 bits per heavy atom. The lowest BCUT2D eigenvalue weighted by molar-refractivity contribution is -0.383. The third-order valence-corrected chi connectivity index (χ3v) is 4.24. The number of anilines is 4. The van der Waals surface area contributed by atoms with Crippen molar-refractivity contribution in [3.8, 4) is 0 Å². The van der Waals surface area contributed by atoms with Gasteiger partial charge in [0.25, 0.3) is 5.69 Å². The predicted octanol–water partition coefficient (Wildman–Crippen LogP) is 2.67. The van der Waals surface area contributed by atoms with Gasteiger partial charge in [0.05, 0.1) is 16.3 Å². The van der Waals surface area contributed by atoms with Crippen LogP contribution >= 0.6 is 0 Å². The smallest absolute Gasteiger partial charge is 0.294 e. The number of hydrogen-bond acceptors (Lipinski definition) is 6. The van der Waals surface area contributed by atoms with Crippen LogP contribution in [-0.4, -0.2) is 43.0 Å². The highest BCUT2D eigenvalue weighted by Gasteiger charge is 2.22. The second kappa shape index (κ2) is 6.76. The van der Waals surface area contributed by atoms with Gasteiger partial charge in [0.15, 0.2) is 0 Å². The molecule has 1 aliphatic rings. The Morgan fingerprint density at radius 2 is 1.79 bits per heavy atom. The molecule has 7 nitrogen and oxygen atoms in total. The third-order valence-electron chi connectivity index (χ3n) is 4.24. The molecule has 3 N–H and O–H groups in total. The molecule has 126 valence electrons. The second-order valence-corrected chi connectivity index (χ2v) is 5.97. The van der Waals surface area contributed by atoms with Crippen molar-refractivity contribution in [1.82, 2.24) is 4.90 Å². The lowest BCUT2D eigenvalue weighted by Crippen LogP contribution is -2.44. The Labute approximate surface area is 140 Å². The van der Waals surface area contributed by atoms with Crippen LogP contribution in [0.2, 0.25) is 0 Å².